The Morgan fingerprint density at radius 1 is 1.43 bits per heavy atom. The molecule has 1 saturated heterocycles. The van der Waals surface area contributed by atoms with E-state index in [9.17, 15) is 27.9 Å². The van der Waals surface area contributed by atoms with Crippen LogP contribution in [0.5, 0.6) is 0 Å². The molecule has 3 rings (SSSR count). The number of nitrogens with zero attached hydrogens (tertiary/aromatic N) is 3. The summed E-state index contributed by atoms with van der Waals surface area (Å²) in [7, 11) is -4.76. The Hall–Kier alpha value is -2.78. The number of nitrogen functional groups attached to an aromatic ring is 1. The zero-order valence-electron chi connectivity index (χ0n) is 15.6. The number of carboxylic acids is 1. The van der Waals surface area contributed by atoms with Gasteiger partial charge in [0.15, 0.2) is 10.8 Å². The van der Waals surface area contributed by atoms with Crippen molar-refractivity contribution in [3.8, 4) is 0 Å². The van der Waals surface area contributed by atoms with E-state index in [0.29, 0.717) is 12.8 Å². The number of oxime groups is 1. The van der Waals surface area contributed by atoms with Gasteiger partial charge in [-0.25, -0.2) is 14.1 Å². The van der Waals surface area contributed by atoms with E-state index in [4.69, 9.17) is 15.1 Å². The first-order valence-electron chi connectivity index (χ1n) is 8.79. The van der Waals surface area contributed by atoms with E-state index in [0.717, 1.165) is 11.3 Å². The maximum atomic E-state index is 12.8. The molecule has 1 aliphatic heterocycles. The zero-order chi connectivity index (χ0) is 22.3. The van der Waals surface area contributed by atoms with Gasteiger partial charge in [0.05, 0.1) is 6.04 Å². The Kier molecular flexibility index (Phi) is 5.70. The smallest absolute Gasteiger partial charge is 0.362 e. The van der Waals surface area contributed by atoms with E-state index in [1.807, 2.05) is 0 Å². The Balaban J connectivity index is 1.84. The minimum absolute atomic E-state index is 0.000373. The number of nitrogens with one attached hydrogen (secondary N) is 1. The van der Waals surface area contributed by atoms with Gasteiger partial charge in [-0.15, -0.1) is 11.3 Å². The summed E-state index contributed by atoms with van der Waals surface area (Å²) in [5.41, 5.74) is 3.60. The molecular weight excluding hydrogens is 442 g/mol. The standard InChI is InChI=1S/C15H19N5O8S2/c1-7-9(12(22)20(7)30(25,26)27)18-11(21)10(8-6-29-14(16)17-8)19-28-15(13(23)24)4-2-3-5-15/h6-7,9H,2-5H2,1H3,(H2,16,17)(H,18,21)(H,23,24)(H,25,26,27)/b19-10-/t7-,9+/m1/s1. The number of aromatic nitrogens is 1. The van der Waals surface area contributed by atoms with E-state index in [-0.39, 0.29) is 28.0 Å². The topological polar surface area (TPSA) is 202 Å². The van der Waals surface area contributed by atoms with Gasteiger partial charge in [0.25, 0.3) is 11.8 Å². The maximum Gasteiger partial charge on any atom is 0.362 e. The van der Waals surface area contributed by atoms with Crippen molar-refractivity contribution in [1.29, 1.82) is 0 Å². The van der Waals surface area contributed by atoms with Crippen molar-refractivity contribution < 1.29 is 37.3 Å². The number of carboxylic acid groups (broad SMARTS) is 1. The minimum Gasteiger partial charge on any atom is -0.478 e. The molecule has 2 fully saturated rings. The van der Waals surface area contributed by atoms with E-state index in [1.54, 1.807) is 0 Å². The lowest BCUT2D eigenvalue weighted by Gasteiger charge is -2.42. The predicted molar refractivity (Wildman–Crippen MR) is 103 cm³/mol. The second-order valence-electron chi connectivity index (χ2n) is 6.91. The van der Waals surface area contributed by atoms with Gasteiger partial charge in [-0.2, -0.15) is 8.42 Å². The van der Waals surface area contributed by atoms with Crippen molar-refractivity contribution in [3.05, 3.63) is 11.1 Å². The first kappa shape index (κ1) is 21.9. The largest absolute Gasteiger partial charge is 0.478 e. The van der Waals surface area contributed by atoms with Crippen molar-refractivity contribution in [1.82, 2.24) is 14.6 Å². The number of carbonyl (C=O) groups is 3. The third-order valence-corrected chi connectivity index (χ3v) is 6.65. The Bertz CT molecular complexity index is 1010. The molecule has 0 spiro atoms. The number of anilines is 1. The molecule has 2 aliphatic rings. The summed E-state index contributed by atoms with van der Waals surface area (Å²) in [6.45, 7) is 1.31. The normalized spacial score (nSPS) is 23.7. The average Bonchev–Trinajstić information content (AvgIpc) is 3.29. The van der Waals surface area contributed by atoms with Crippen LogP contribution in [0, 0.1) is 0 Å². The van der Waals surface area contributed by atoms with E-state index in [2.05, 4.69) is 15.5 Å². The molecule has 13 nitrogen and oxygen atoms in total. The van der Waals surface area contributed by atoms with Crippen molar-refractivity contribution in [2.75, 3.05) is 5.73 Å². The number of nitrogens with two attached hydrogens (primary N) is 1. The fourth-order valence-electron chi connectivity index (χ4n) is 3.34. The van der Waals surface area contributed by atoms with Crippen molar-refractivity contribution in [3.63, 3.8) is 0 Å². The fourth-order valence-corrected chi connectivity index (χ4v) is 4.77. The zero-order valence-corrected chi connectivity index (χ0v) is 17.3. The van der Waals surface area contributed by atoms with Crippen LogP contribution in [0.4, 0.5) is 5.13 Å². The molecule has 2 heterocycles. The maximum absolute atomic E-state index is 12.8. The number of amides is 2. The molecule has 0 aromatic carbocycles. The lowest BCUT2D eigenvalue weighted by atomic mass is 10.0. The highest BCUT2D eigenvalue weighted by molar-refractivity contribution is 7.84. The molecular formula is C15H19N5O8S2. The second-order valence-corrected chi connectivity index (χ2v) is 9.09. The minimum atomic E-state index is -4.76. The predicted octanol–water partition coefficient (Wildman–Crippen LogP) is -0.638. The Morgan fingerprint density at radius 2 is 2.07 bits per heavy atom. The SMILES string of the molecule is C[C@@H]1[C@H](NC(=O)/C(=N\OC2(C(=O)O)CCCC2)c2csc(N)n2)C(=O)N1S(=O)(=O)O. The fraction of sp³-hybridized carbons (Fsp3) is 0.533. The van der Waals surface area contributed by atoms with Gasteiger partial charge >= 0.3 is 16.3 Å². The molecule has 5 N–H and O–H groups in total. The summed E-state index contributed by atoms with van der Waals surface area (Å²) in [5, 5.41) is 17.0. The molecule has 1 aromatic rings. The molecule has 30 heavy (non-hydrogen) atoms. The van der Waals surface area contributed by atoms with Crippen LogP contribution in [0.2, 0.25) is 0 Å². The molecule has 1 aromatic heterocycles. The van der Waals surface area contributed by atoms with Crippen LogP contribution in [0.25, 0.3) is 0 Å². The number of carbonyl (C=O) groups excluding carboxylic acids is 2. The van der Waals surface area contributed by atoms with Crippen LogP contribution in [0.1, 0.15) is 38.3 Å². The highest BCUT2D eigenvalue weighted by Gasteiger charge is 2.52. The monoisotopic (exact) mass is 461 g/mol. The van der Waals surface area contributed by atoms with E-state index >= 15 is 0 Å². The Morgan fingerprint density at radius 3 is 2.53 bits per heavy atom. The lowest BCUT2D eigenvalue weighted by molar-refractivity contribution is -0.165. The molecule has 0 unspecified atom stereocenters. The molecule has 2 amide bonds. The number of β-lactam (4-membered cyclic amide) rings is 1. The molecule has 1 aliphatic carbocycles. The number of hydrogen-bond acceptors (Lipinski definition) is 10. The van der Waals surface area contributed by atoms with E-state index in [1.165, 1.54) is 12.3 Å². The lowest BCUT2D eigenvalue weighted by Crippen LogP contribution is -2.71. The summed E-state index contributed by atoms with van der Waals surface area (Å²) in [5.74, 6) is -3.19. The van der Waals surface area contributed by atoms with Crippen molar-refractivity contribution in [2.24, 2.45) is 5.16 Å². The molecule has 0 bridgehead atoms. The average molecular weight is 461 g/mol. The molecule has 164 valence electrons. The number of thiazole rings is 1. The highest BCUT2D eigenvalue weighted by atomic mass is 32.2. The van der Waals surface area contributed by atoms with Crippen LogP contribution < -0.4 is 11.1 Å². The van der Waals surface area contributed by atoms with Crippen molar-refractivity contribution in [2.45, 2.75) is 50.3 Å². The summed E-state index contributed by atoms with van der Waals surface area (Å²) >= 11 is 1.00. The third-order valence-electron chi connectivity index (χ3n) is 4.96. The molecule has 1 saturated carbocycles. The van der Waals surface area contributed by atoms with Crippen LogP contribution in [0.15, 0.2) is 10.5 Å². The second kappa shape index (κ2) is 7.81. The number of aliphatic carboxylic acids is 1. The quantitative estimate of drug-likeness (QED) is 0.175. The summed E-state index contributed by atoms with van der Waals surface area (Å²) in [6.07, 6.45) is 1.65. The van der Waals surface area contributed by atoms with Crippen LogP contribution >= 0.6 is 11.3 Å². The number of rotatable bonds is 7. The first-order valence-corrected chi connectivity index (χ1v) is 11.1. The Labute approximate surface area is 174 Å². The molecule has 15 heteroatoms. The van der Waals surface area contributed by atoms with Crippen LogP contribution in [0.3, 0.4) is 0 Å². The summed E-state index contributed by atoms with van der Waals surface area (Å²) in [6, 6.07) is -2.29. The molecule has 2 atom stereocenters. The van der Waals surface area contributed by atoms with Crippen LogP contribution in [-0.4, -0.2) is 68.5 Å². The number of hydrogen-bond donors (Lipinski definition) is 4. The van der Waals surface area contributed by atoms with Gasteiger partial charge < -0.3 is 21.0 Å². The first-order chi connectivity index (χ1) is 14.0. The van der Waals surface area contributed by atoms with Gasteiger partial charge in [-0.3, -0.25) is 14.1 Å². The molecule has 0 radical (unpaired) electrons. The highest BCUT2D eigenvalue weighted by Crippen LogP contribution is 2.34. The third kappa shape index (κ3) is 3.95. The van der Waals surface area contributed by atoms with Crippen LogP contribution in [-0.2, 0) is 29.5 Å². The van der Waals surface area contributed by atoms with E-state index < -0.39 is 51.5 Å². The summed E-state index contributed by atoms with van der Waals surface area (Å²) in [4.78, 5) is 45.6. The van der Waals surface area contributed by atoms with Gasteiger partial charge in [0.1, 0.15) is 11.7 Å². The van der Waals surface area contributed by atoms with Gasteiger partial charge in [0, 0.05) is 18.2 Å². The van der Waals surface area contributed by atoms with Gasteiger partial charge in [-0.1, -0.05) is 5.16 Å². The van der Waals surface area contributed by atoms with Gasteiger partial charge in [-0.05, 0) is 19.8 Å². The van der Waals surface area contributed by atoms with Crippen molar-refractivity contribution >= 4 is 50.3 Å². The summed E-state index contributed by atoms with van der Waals surface area (Å²) < 4.78 is 31.7. The van der Waals surface area contributed by atoms with Gasteiger partial charge in [0.2, 0.25) is 5.60 Å².